The number of anilines is 2. The summed E-state index contributed by atoms with van der Waals surface area (Å²) in [7, 11) is 0. The zero-order valence-electron chi connectivity index (χ0n) is 14.8. The maximum absolute atomic E-state index is 12.7. The van der Waals surface area contributed by atoms with Crippen molar-refractivity contribution >= 4 is 28.1 Å². The Hall–Kier alpha value is -2.88. The molecule has 1 heterocycles. The van der Waals surface area contributed by atoms with Crippen LogP contribution in [0.15, 0.2) is 42.5 Å². The number of para-hydroxylation sites is 1. The molecule has 25 heavy (non-hydrogen) atoms. The number of carbonyl (C=O) groups excluding carboxylic acids is 1. The van der Waals surface area contributed by atoms with Crippen LogP contribution in [0.2, 0.25) is 0 Å². The van der Waals surface area contributed by atoms with E-state index in [1.807, 2.05) is 45.0 Å². The first-order chi connectivity index (χ1) is 12.0. The van der Waals surface area contributed by atoms with Crippen LogP contribution >= 0.6 is 0 Å². The first-order valence-corrected chi connectivity index (χ1v) is 8.50. The number of fused-ring (bicyclic) bond motifs is 1. The van der Waals surface area contributed by atoms with Crippen molar-refractivity contribution in [3.8, 4) is 5.75 Å². The molecule has 0 fully saturated rings. The Labute approximate surface area is 147 Å². The van der Waals surface area contributed by atoms with Gasteiger partial charge in [0.25, 0.3) is 0 Å². The second-order valence-electron chi connectivity index (χ2n) is 6.26. The smallest absolute Gasteiger partial charge is 0.166 e. The number of nitrogens with one attached hydrogen (secondary N) is 1. The van der Waals surface area contributed by atoms with E-state index in [1.54, 1.807) is 18.2 Å². The molecule has 0 aliphatic rings. The Kier molecular flexibility index (Phi) is 4.70. The minimum atomic E-state index is 0.0637. The fraction of sp³-hybridized carbons (Fsp3) is 0.238. The fourth-order valence-electron chi connectivity index (χ4n) is 3.04. The molecule has 0 radical (unpaired) electrons. The molecule has 0 aliphatic carbocycles. The van der Waals surface area contributed by atoms with Gasteiger partial charge in [0.05, 0.1) is 22.5 Å². The molecule has 0 spiro atoms. The quantitative estimate of drug-likeness (QED) is 0.623. The SMILES string of the molecule is CCCC(=O)c1c(C)nc2ccc(O)cc2c1Nc1ccccc1C. The van der Waals surface area contributed by atoms with Gasteiger partial charge in [0.2, 0.25) is 0 Å². The van der Waals surface area contributed by atoms with Crippen LogP contribution in [-0.2, 0) is 0 Å². The molecule has 2 N–H and O–H groups in total. The van der Waals surface area contributed by atoms with Crippen LogP contribution in [0.25, 0.3) is 10.9 Å². The number of phenols is 1. The summed E-state index contributed by atoms with van der Waals surface area (Å²) in [4.78, 5) is 17.3. The van der Waals surface area contributed by atoms with E-state index in [0.717, 1.165) is 28.6 Å². The molecule has 128 valence electrons. The molecule has 2 aromatic carbocycles. The van der Waals surface area contributed by atoms with Crippen molar-refractivity contribution in [2.24, 2.45) is 0 Å². The van der Waals surface area contributed by atoms with E-state index in [2.05, 4.69) is 10.3 Å². The Morgan fingerprint density at radius 1 is 1.16 bits per heavy atom. The molecule has 4 heteroatoms. The lowest BCUT2D eigenvalue weighted by atomic mass is 9.99. The number of Topliss-reactive ketones (excluding diaryl/α,β-unsaturated/α-hetero) is 1. The first-order valence-electron chi connectivity index (χ1n) is 8.50. The van der Waals surface area contributed by atoms with Crippen LogP contribution < -0.4 is 5.32 Å². The van der Waals surface area contributed by atoms with Crippen molar-refractivity contribution in [2.75, 3.05) is 5.32 Å². The van der Waals surface area contributed by atoms with E-state index in [0.29, 0.717) is 23.4 Å². The highest BCUT2D eigenvalue weighted by molar-refractivity contribution is 6.10. The number of aryl methyl sites for hydroxylation is 2. The van der Waals surface area contributed by atoms with E-state index in [1.165, 1.54) is 0 Å². The third kappa shape index (κ3) is 3.33. The van der Waals surface area contributed by atoms with Crippen LogP contribution in [0.4, 0.5) is 11.4 Å². The van der Waals surface area contributed by atoms with Crippen molar-refractivity contribution in [3.63, 3.8) is 0 Å². The molecule has 0 bridgehead atoms. The number of aromatic nitrogens is 1. The third-order valence-electron chi connectivity index (χ3n) is 4.31. The van der Waals surface area contributed by atoms with Crippen molar-refractivity contribution in [3.05, 3.63) is 59.3 Å². The number of pyridine rings is 1. The maximum Gasteiger partial charge on any atom is 0.166 e. The van der Waals surface area contributed by atoms with Gasteiger partial charge in [-0.15, -0.1) is 0 Å². The van der Waals surface area contributed by atoms with Crippen LogP contribution in [-0.4, -0.2) is 15.9 Å². The second-order valence-corrected chi connectivity index (χ2v) is 6.26. The zero-order valence-corrected chi connectivity index (χ0v) is 14.8. The summed E-state index contributed by atoms with van der Waals surface area (Å²) in [6, 6.07) is 13.0. The lowest BCUT2D eigenvalue weighted by molar-refractivity contribution is 0.0981. The maximum atomic E-state index is 12.7. The van der Waals surface area contributed by atoms with Gasteiger partial charge in [-0.1, -0.05) is 25.1 Å². The number of aromatic hydroxyl groups is 1. The molecular weight excluding hydrogens is 312 g/mol. The number of rotatable bonds is 5. The van der Waals surface area contributed by atoms with E-state index >= 15 is 0 Å². The van der Waals surface area contributed by atoms with Crippen molar-refractivity contribution in [2.45, 2.75) is 33.6 Å². The molecule has 0 atom stereocenters. The minimum absolute atomic E-state index is 0.0637. The first kappa shape index (κ1) is 17.0. The molecule has 1 aromatic heterocycles. The topological polar surface area (TPSA) is 62.2 Å². The van der Waals surface area contributed by atoms with Gasteiger partial charge in [-0.25, -0.2) is 0 Å². The molecule has 4 nitrogen and oxygen atoms in total. The average Bonchev–Trinajstić information content (AvgIpc) is 2.57. The van der Waals surface area contributed by atoms with Gasteiger partial charge in [0, 0.05) is 17.5 Å². The predicted molar refractivity (Wildman–Crippen MR) is 102 cm³/mol. The largest absolute Gasteiger partial charge is 0.508 e. The number of ketones is 1. The fourth-order valence-corrected chi connectivity index (χ4v) is 3.04. The number of phenolic OH excluding ortho intramolecular Hbond substituents is 1. The van der Waals surface area contributed by atoms with Gasteiger partial charge < -0.3 is 10.4 Å². The standard InChI is InChI=1S/C21H22N2O2/c1-4-7-19(25)20-14(3)22-18-11-10-15(24)12-16(18)21(20)23-17-9-6-5-8-13(17)2/h5-6,8-12,24H,4,7H2,1-3H3,(H,22,23). The van der Waals surface area contributed by atoms with Crippen LogP contribution in [0.1, 0.15) is 41.4 Å². The molecule has 0 saturated heterocycles. The molecule has 0 amide bonds. The Morgan fingerprint density at radius 2 is 1.92 bits per heavy atom. The van der Waals surface area contributed by atoms with Crippen molar-refractivity contribution in [1.82, 2.24) is 4.98 Å². The second kappa shape index (κ2) is 6.93. The number of benzene rings is 2. The lowest BCUT2D eigenvalue weighted by Crippen LogP contribution is -2.09. The monoisotopic (exact) mass is 334 g/mol. The van der Waals surface area contributed by atoms with E-state index in [-0.39, 0.29) is 11.5 Å². The van der Waals surface area contributed by atoms with Gasteiger partial charge in [-0.3, -0.25) is 9.78 Å². The highest BCUT2D eigenvalue weighted by atomic mass is 16.3. The molecule has 0 aliphatic heterocycles. The third-order valence-corrected chi connectivity index (χ3v) is 4.31. The van der Waals surface area contributed by atoms with E-state index in [4.69, 9.17) is 0 Å². The van der Waals surface area contributed by atoms with Crippen LogP contribution in [0.5, 0.6) is 5.75 Å². The molecule has 3 aromatic rings. The summed E-state index contributed by atoms with van der Waals surface area (Å²) in [6.45, 7) is 5.86. The Morgan fingerprint density at radius 3 is 2.64 bits per heavy atom. The number of hydrogen-bond acceptors (Lipinski definition) is 4. The number of hydrogen-bond donors (Lipinski definition) is 2. The molecular formula is C21H22N2O2. The predicted octanol–water partition coefficient (Wildman–Crippen LogP) is 5.28. The zero-order chi connectivity index (χ0) is 18.0. The summed E-state index contributed by atoms with van der Waals surface area (Å²) in [5, 5.41) is 14.1. The normalized spacial score (nSPS) is 10.8. The lowest BCUT2D eigenvalue weighted by Gasteiger charge is -2.18. The van der Waals surface area contributed by atoms with E-state index in [9.17, 15) is 9.90 Å². The molecule has 0 saturated carbocycles. The summed E-state index contributed by atoms with van der Waals surface area (Å²) < 4.78 is 0. The number of nitrogens with zero attached hydrogens (tertiary/aromatic N) is 1. The van der Waals surface area contributed by atoms with Gasteiger partial charge in [-0.2, -0.15) is 0 Å². The highest BCUT2D eigenvalue weighted by Crippen LogP contribution is 2.34. The van der Waals surface area contributed by atoms with Gasteiger partial charge in [0.1, 0.15) is 5.75 Å². The van der Waals surface area contributed by atoms with Crippen molar-refractivity contribution in [1.29, 1.82) is 0 Å². The van der Waals surface area contributed by atoms with Gasteiger partial charge >= 0.3 is 0 Å². The van der Waals surface area contributed by atoms with Gasteiger partial charge in [-0.05, 0) is 50.1 Å². The van der Waals surface area contributed by atoms with Crippen LogP contribution in [0, 0.1) is 13.8 Å². The minimum Gasteiger partial charge on any atom is -0.508 e. The Balaban J connectivity index is 2.27. The number of carbonyl (C=O) groups is 1. The summed E-state index contributed by atoms with van der Waals surface area (Å²) in [5.74, 6) is 0.216. The highest BCUT2D eigenvalue weighted by Gasteiger charge is 2.19. The summed E-state index contributed by atoms with van der Waals surface area (Å²) >= 11 is 0. The molecule has 3 rings (SSSR count). The molecule has 0 unspecified atom stereocenters. The van der Waals surface area contributed by atoms with Gasteiger partial charge in [0.15, 0.2) is 5.78 Å². The van der Waals surface area contributed by atoms with Crippen molar-refractivity contribution < 1.29 is 9.90 Å². The van der Waals surface area contributed by atoms with Crippen LogP contribution in [0.3, 0.4) is 0 Å². The summed E-state index contributed by atoms with van der Waals surface area (Å²) in [6.07, 6.45) is 1.25. The average molecular weight is 334 g/mol. The van der Waals surface area contributed by atoms with E-state index < -0.39 is 0 Å². The Bertz CT molecular complexity index is 948. The summed E-state index contributed by atoms with van der Waals surface area (Å²) in [5.41, 5.74) is 4.78.